The summed E-state index contributed by atoms with van der Waals surface area (Å²) >= 11 is 0. The molecule has 190 valence electrons. The maximum atomic E-state index is 13.4. The second-order valence-electron chi connectivity index (χ2n) is 8.68. The summed E-state index contributed by atoms with van der Waals surface area (Å²) in [6.45, 7) is 4.71. The van der Waals surface area contributed by atoms with Crippen LogP contribution in [0.5, 0.6) is 5.75 Å². The van der Waals surface area contributed by atoms with Crippen LogP contribution in [0.4, 0.5) is 14.9 Å². The van der Waals surface area contributed by atoms with E-state index >= 15 is 0 Å². The lowest BCUT2D eigenvalue weighted by Gasteiger charge is -2.26. The van der Waals surface area contributed by atoms with E-state index in [1.807, 2.05) is 65.4 Å². The molecule has 1 aromatic heterocycles. The molecule has 0 unspecified atom stereocenters. The first-order chi connectivity index (χ1) is 18.5. The van der Waals surface area contributed by atoms with Gasteiger partial charge in [-0.05, 0) is 54.5 Å². The summed E-state index contributed by atoms with van der Waals surface area (Å²) in [6, 6.07) is 19.4. The smallest absolute Gasteiger partial charge is 0.335 e. The van der Waals surface area contributed by atoms with Gasteiger partial charge in [0.25, 0.3) is 11.8 Å². The Balaban J connectivity index is 1.43. The molecule has 8 heteroatoms. The molecule has 1 aliphatic rings. The van der Waals surface area contributed by atoms with Crippen LogP contribution in [0.2, 0.25) is 0 Å². The number of hydrogen-bond acceptors (Lipinski definition) is 4. The highest BCUT2D eigenvalue weighted by atomic mass is 19.1. The Kier molecular flexibility index (Phi) is 6.86. The van der Waals surface area contributed by atoms with E-state index in [2.05, 4.69) is 11.9 Å². The number of anilines is 1. The van der Waals surface area contributed by atoms with Gasteiger partial charge in [-0.1, -0.05) is 42.5 Å². The summed E-state index contributed by atoms with van der Waals surface area (Å²) in [5, 5.41) is 3.03. The van der Waals surface area contributed by atoms with Gasteiger partial charge in [0.1, 0.15) is 23.7 Å². The number of allylic oxidation sites excluding steroid dienone is 1. The van der Waals surface area contributed by atoms with E-state index in [4.69, 9.17) is 4.74 Å². The molecule has 0 radical (unpaired) electrons. The topological polar surface area (TPSA) is 80.6 Å². The van der Waals surface area contributed by atoms with E-state index in [0.29, 0.717) is 25.1 Å². The molecular formula is C30H24FN3O4. The number of imide groups is 2. The second-order valence-corrected chi connectivity index (χ2v) is 8.68. The Morgan fingerprint density at radius 2 is 1.68 bits per heavy atom. The minimum Gasteiger partial charge on any atom is -0.491 e. The van der Waals surface area contributed by atoms with E-state index in [0.717, 1.165) is 39.2 Å². The van der Waals surface area contributed by atoms with Gasteiger partial charge in [-0.2, -0.15) is 0 Å². The zero-order chi connectivity index (χ0) is 26.6. The zero-order valence-corrected chi connectivity index (χ0v) is 20.4. The van der Waals surface area contributed by atoms with E-state index in [9.17, 15) is 18.8 Å². The Morgan fingerprint density at radius 3 is 2.47 bits per heavy atom. The molecule has 0 bridgehead atoms. The van der Waals surface area contributed by atoms with Crippen LogP contribution in [0.3, 0.4) is 0 Å². The Labute approximate surface area is 218 Å². The number of halogens is 1. The molecule has 4 aromatic rings. The summed E-state index contributed by atoms with van der Waals surface area (Å²) in [4.78, 5) is 39.2. The second kappa shape index (κ2) is 10.6. The quantitative estimate of drug-likeness (QED) is 0.200. The Morgan fingerprint density at radius 1 is 0.947 bits per heavy atom. The number of rotatable bonds is 8. The Hall–Kier alpha value is -4.98. The highest BCUT2D eigenvalue weighted by molar-refractivity contribution is 6.39. The van der Waals surface area contributed by atoms with Crippen LogP contribution >= 0.6 is 0 Å². The van der Waals surface area contributed by atoms with Crippen LogP contribution in [0.25, 0.3) is 17.0 Å². The number of nitrogens with one attached hydrogen (secondary N) is 1. The third kappa shape index (κ3) is 4.84. The SMILES string of the molecule is C=CCc1ccccc1OCCn1cc(C=C2C(=O)NC(=O)N(c3ccc(F)cc3)C2=O)c2ccccc21. The van der Waals surface area contributed by atoms with Gasteiger partial charge in [0.15, 0.2) is 0 Å². The molecule has 4 amide bonds. The number of fused-ring (bicyclic) bond motifs is 1. The van der Waals surface area contributed by atoms with Crippen LogP contribution in [0, 0.1) is 5.82 Å². The molecule has 1 saturated heterocycles. The van der Waals surface area contributed by atoms with Gasteiger partial charge in [-0.25, -0.2) is 14.1 Å². The van der Waals surface area contributed by atoms with Gasteiger partial charge < -0.3 is 9.30 Å². The van der Waals surface area contributed by atoms with Crippen molar-refractivity contribution in [3.8, 4) is 5.75 Å². The Bertz CT molecular complexity index is 1590. The minimum atomic E-state index is -0.889. The fourth-order valence-electron chi connectivity index (χ4n) is 4.44. The van der Waals surface area contributed by atoms with Crippen molar-refractivity contribution in [1.82, 2.24) is 9.88 Å². The predicted molar refractivity (Wildman–Crippen MR) is 143 cm³/mol. The largest absolute Gasteiger partial charge is 0.491 e. The van der Waals surface area contributed by atoms with Crippen LogP contribution < -0.4 is 15.0 Å². The minimum absolute atomic E-state index is 0.156. The number of aromatic nitrogens is 1. The van der Waals surface area contributed by atoms with Crippen molar-refractivity contribution in [3.05, 3.63) is 114 Å². The number of para-hydroxylation sites is 2. The number of hydrogen-bond donors (Lipinski definition) is 1. The van der Waals surface area contributed by atoms with Gasteiger partial charge in [-0.3, -0.25) is 14.9 Å². The molecule has 38 heavy (non-hydrogen) atoms. The lowest BCUT2D eigenvalue weighted by molar-refractivity contribution is -0.122. The number of barbiturate groups is 1. The van der Waals surface area contributed by atoms with E-state index in [1.165, 1.54) is 18.2 Å². The number of amides is 4. The van der Waals surface area contributed by atoms with Gasteiger partial charge >= 0.3 is 6.03 Å². The number of nitrogens with zero attached hydrogens (tertiary/aromatic N) is 2. The average Bonchev–Trinajstić information content (AvgIpc) is 3.26. The van der Waals surface area contributed by atoms with Crippen LogP contribution in [0.15, 0.2) is 97.2 Å². The van der Waals surface area contributed by atoms with Crippen molar-refractivity contribution >= 4 is 40.5 Å². The monoisotopic (exact) mass is 509 g/mol. The molecule has 5 rings (SSSR count). The fraction of sp³-hybridized carbons (Fsp3) is 0.100. The summed E-state index contributed by atoms with van der Waals surface area (Å²) in [6.07, 6.45) is 5.85. The number of ether oxygens (including phenoxy) is 1. The third-order valence-electron chi connectivity index (χ3n) is 6.23. The predicted octanol–water partition coefficient (Wildman–Crippen LogP) is 5.25. The fourth-order valence-corrected chi connectivity index (χ4v) is 4.44. The number of benzene rings is 3. The summed E-state index contributed by atoms with van der Waals surface area (Å²) < 4.78 is 21.4. The third-order valence-corrected chi connectivity index (χ3v) is 6.23. The van der Waals surface area contributed by atoms with Crippen molar-refractivity contribution in [2.24, 2.45) is 0 Å². The summed E-state index contributed by atoms with van der Waals surface area (Å²) in [5.41, 5.74) is 2.54. The van der Waals surface area contributed by atoms with Gasteiger partial charge in [-0.15, -0.1) is 6.58 Å². The van der Waals surface area contributed by atoms with E-state index in [-0.39, 0.29) is 11.3 Å². The zero-order valence-electron chi connectivity index (χ0n) is 20.4. The van der Waals surface area contributed by atoms with Crippen molar-refractivity contribution in [2.45, 2.75) is 13.0 Å². The molecule has 0 spiro atoms. The molecule has 3 aromatic carbocycles. The lowest BCUT2D eigenvalue weighted by Crippen LogP contribution is -2.54. The van der Waals surface area contributed by atoms with Gasteiger partial charge in [0, 0.05) is 22.7 Å². The lowest BCUT2D eigenvalue weighted by atomic mass is 10.1. The first kappa shape index (κ1) is 24.7. The molecule has 7 nitrogen and oxygen atoms in total. The molecule has 1 N–H and O–H groups in total. The summed E-state index contributed by atoms with van der Waals surface area (Å²) in [7, 11) is 0. The normalized spacial score (nSPS) is 14.7. The van der Waals surface area contributed by atoms with Crippen molar-refractivity contribution < 1.29 is 23.5 Å². The molecule has 1 aliphatic heterocycles. The highest BCUT2D eigenvalue weighted by Crippen LogP contribution is 2.27. The van der Waals surface area contributed by atoms with Crippen molar-refractivity contribution in [3.63, 3.8) is 0 Å². The molecule has 2 heterocycles. The van der Waals surface area contributed by atoms with Crippen molar-refractivity contribution in [2.75, 3.05) is 11.5 Å². The highest BCUT2D eigenvalue weighted by Gasteiger charge is 2.37. The molecule has 0 aliphatic carbocycles. The molecule has 0 saturated carbocycles. The molecular weight excluding hydrogens is 485 g/mol. The van der Waals surface area contributed by atoms with Crippen LogP contribution in [-0.2, 0) is 22.6 Å². The van der Waals surface area contributed by atoms with E-state index < -0.39 is 23.7 Å². The molecule has 0 atom stereocenters. The molecule has 1 fully saturated rings. The summed E-state index contributed by atoms with van der Waals surface area (Å²) in [5.74, 6) is -1.30. The maximum absolute atomic E-state index is 13.4. The maximum Gasteiger partial charge on any atom is 0.335 e. The first-order valence-electron chi connectivity index (χ1n) is 12.0. The standard InChI is InChI=1S/C30H24FN3O4/c1-2-7-20-8-3-6-11-27(20)38-17-16-33-19-21(24-9-4-5-10-26(24)33)18-25-28(35)32-30(37)34(29(25)36)23-14-12-22(31)13-15-23/h2-6,8-15,18-19H,1,7,16-17H2,(H,32,35,37). The van der Waals surface area contributed by atoms with Gasteiger partial charge in [0.05, 0.1) is 12.2 Å². The van der Waals surface area contributed by atoms with Gasteiger partial charge in [0.2, 0.25) is 0 Å². The van der Waals surface area contributed by atoms with E-state index in [1.54, 1.807) is 0 Å². The van der Waals surface area contributed by atoms with Crippen LogP contribution in [-0.4, -0.2) is 29.0 Å². The number of urea groups is 1. The van der Waals surface area contributed by atoms with Crippen LogP contribution in [0.1, 0.15) is 11.1 Å². The number of carbonyl (C=O) groups is 3. The number of carbonyl (C=O) groups excluding carboxylic acids is 3. The first-order valence-corrected chi connectivity index (χ1v) is 12.0. The van der Waals surface area contributed by atoms with Crippen molar-refractivity contribution in [1.29, 1.82) is 0 Å². The average molecular weight is 510 g/mol.